The van der Waals surface area contributed by atoms with E-state index in [1.54, 1.807) is 6.92 Å². The number of hydrogen-bond donors (Lipinski definition) is 0. The smallest absolute Gasteiger partial charge is 0.294 e. The van der Waals surface area contributed by atoms with Crippen LogP contribution in [0.25, 0.3) is 0 Å². The van der Waals surface area contributed by atoms with Gasteiger partial charge in [-0.05, 0) is 26.7 Å². The molecule has 0 aromatic heterocycles. The van der Waals surface area contributed by atoms with Gasteiger partial charge in [-0.25, -0.2) is 0 Å². The second-order valence-electron chi connectivity index (χ2n) is 4.08. The summed E-state index contributed by atoms with van der Waals surface area (Å²) < 4.78 is 4.94. The van der Waals surface area contributed by atoms with Crippen LogP contribution in [0, 0.1) is 10.1 Å². The molecule has 1 aliphatic rings. The summed E-state index contributed by atoms with van der Waals surface area (Å²) in [6.07, 6.45) is 0.521. The first kappa shape index (κ1) is 14.9. The van der Waals surface area contributed by atoms with Crippen LogP contribution in [0.15, 0.2) is 22.5 Å². The first-order valence-electron chi connectivity index (χ1n) is 5.71. The van der Waals surface area contributed by atoms with E-state index in [1.807, 2.05) is 0 Å². The lowest BCUT2D eigenvalue weighted by atomic mass is 9.87. The molecule has 0 unspecified atom stereocenters. The minimum atomic E-state index is -0.889. The number of rotatable bonds is 6. The van der Waals surface area contributed by atoms with E-state index < -0.39 is 5.09 Å². The first-order chi connectivity index (χ1) is 8.90. The number of ketones is 2. The highest BCUT2D eigenvalue weighted by Gasteiger charge is 2.30. The Morgan fingerprint density at radius 3 is 2.32 bits per heavy atom. The highest BCUT2D eigenvalue weighted by atomic mass is 16.9. The zero-order valence-electron chi connectivity index (χ0n) is 11.0. The molecule has 19 heavy (non-hydrogen) atoms. The molecule has 0 saturated carbocycles. The Morgan fingerprint density at radius 2 is 1.79 bits per heavy atom. The minimum absolute atomic E-state index is 0.0424. The standard InChI is InChI=1S/C12H15NO6/c1-7-9(5-4-6-19-13(16)17)11(15)12(18-3)8(2)10(7)14/h4-6H2,1-3H3. The summed E-state index contributed by atoms with van der Waals surface area (Å²) in [5.74, 6) is -0.527. The van der Waals surface area contributed by atoms with Gasteiger partial charge < -0.3 is 9.57 Å². The molecule has 0 bridgehead atoms. The Kier molecular flexibility index (Phi) is 4.80. The second-order valence-corrected chi connectivity index (χ2v) is 4.08. The van der Waals surface area contributed by atoms with Crippen LogP contribution >= 0.6 is 0 Å². The number of allylic oxidation sites excluding steroid dienone is 3. The van der Waals surface area contributed by atoms with E-state index in [-0.39, 0.29) is 42.3 Å². The number of carbonyl (C=O) groups excluding carboxylic acids is 2. The molecular weight excluding hydrogens is 254 g/mol. The molecule has 7 heteroatoms. The van der Waals surface area contributed by atoms with Gasteiger partial charge in [0.15, 0.2) is 11.5 Å². The Balaban J connectivity index is 2.80. The van der Waals surface area contributed by atoms with E-state index in [0.29, 0.717) is 11.1 Å². The molecule has 0 radical (unpaired) electrons. The van der Waals surface area contributed by atoms with Crippen LogP contribution in [0.4, 0.5) is 0 Å². The molecule has 0 amide bonds. The molecule has 0 saturated heterocycles. The highest BCUT2D eigenvalue weighted by molar-refractivity contribution is 6.23. The lowest BCUT2D eigenvalue weighted by Gasteiger charge is -2.19. The minimum Gasteiger partial charge on any atom is -0.492 e. The second kappa shape index (κ2) is 6.12. The quantitative estimate of drug-likeness (QED) is 0.312. The molecule has 0 atom stereocenters. The molecule has 7 nitrogen and oxygen atoms in total. The van der Waals surface area contributed by atoms with Crippen molar-refractivity contribution in [1.29, 1.82) is 0 Å². The largest absolute Gasteiger partial charge is 0.492 e. The Labute approximate surface area is 110 Å². The van der Waals surface area contributed by atoms with Gasteiger partial charge in [-0.2, -0.15) is 0 Å². The fourth-order valence-electron chi connectivity index (χ4n) is 1.93. The molecule has 0 aliphatic heterocycles. The van der Waals surface area contributed by atoms with Crippen molar-refractivity contribution in [1.82, 2.24) is 0 Å². The maximum atomic E-state index is 12.1. The summed E-state index contributed by atoms with van der Waals surface area (Å²) in [4.78, 5) is 38.1. The van der Waals surface area contributed by atoms with Crippen LogP contribution in [0.5, 0.6) is 0 Å². The van der Waals surface area contributed by atoms with Gasteiger partial charge in [0, 0.05) is 16.7 Å². The summed E-state index contributed by atoms with van der Waals surface area (Å²) in [5.41, 5.74) is 0.985. The van der Waals surface area contributed by atoms with Gasteiger partial charge in [-0.1, -0.05) is 0 Å². The Morgan fingerprint density at radius 1 is 1.16 bits per heavy atom. The van der Waals surface area contributed by atoms with Crippen molar-refractivity contribution < 1.29 is 24.3 Å². The summed E-state index contributed by atoms with van der Waals surface area (Å²) in [6.45, 7) is 2.99. The summed E-state index contributed by atoms with van der Waals surface area (Å²) in [6, 6.07) is 0. The third-order valence-electron chi connectivity index (χ3n) is 2.93. The molecule has 0 N–H and O–H groups in total. The topological polar surface area (TPSA) is 95.7 Å². The van der Waals surface area contributed by atoms with Gasteiger partial charge in [-0.15, -0.1) is 10.1 Å². The van der Waals surface area contributed by atoms with Crippen molar-refractivity contribution in [2.24, 2.45) is 0 Å². The van der Waals surface area contributed by atoms with Crippen molar-refractivity contribution in [3.05, 3.63) is 32.6 Å². The summed E-state index contributed by atoms with van der Waals surface area (Å²) in [5, 5.41) is 9.11. The van der Waals surface area contributed by atoms with E-state index in [4.69, 9.17) is 4.74 Å². The van der Waals surface area contributed by atoms with Crippen LogP contribution in [0.1, 0.15) is 26.7 Å². The van der Waals surface area contributed by atoms with Crippen LogP contribution in [0.3, 0.4) is 0 Å². The normalized spacial score (nSPS) is 15.9. The monoisotopic (exact) mass is 269 g/mol. The number of carbonyl (C=O) groups is 2. The fourth-order valence-corrected chi connectivity index (χ4v) is 1.93. The van der Waals surface area contributed by atoms with Crippen molar-refractivity contribution in [3.8, 4) is 0 Å². The number of nitrogens with zero attached hydrogens (tertiary/aromatic N) is 1. The average Bonchev–Trinajstić information content (AvgIpc) is 2.35. The van der Waals surface area contributed by atoms with E-state index in [0.717, 1.165) is 0 Å². The van der Waals surface area contributed by atoms with Gasteiger partial charge in [0.1, 0.15) is 0 Å². The van der Waals surface area contributed by atoms with Gasteiger partial charge in [0.25, 0.3) is 5.09 Å². The highest BCUT2D eigenvalue weighted by Crippen LogP contribution is 2.27. The fraction of sp³-hybridized carbons (Fsp3) is 0.500. The molecule has 0 heterocycles. The predicted molar refractivity (Wildman–Crippen MR) is 64.6 cm³/mol. The molecule has 0 aromatic carbocycles. The van der Waals surface area contributed by atoms with E-state index in [1.165, 1.54) is 14.0 Å². The lowest BCUT2D eigenvalue weighted by molar-refractivity contribution is -0.757. The Bertz CT molecular complexity index is 488. The van der Waals surface area contributed by atoms with Crippen LogP contribution in [-0.4, -0.2) is 30.4 Å². The van der Waals surface area contributed by atoms with Crippen molar-refractivity contribution in [3.63, 3.8) is 0 Å². The molecule has 104 valence electrons. The number of methoxy groups -OCH3 is 1. The number of hydrogen-bond acceptors (Lipinski definition) is 6. The van der Waals surface area contributed by atoms with E-state index >= 15 is 0 Å². The zero-order valence-corrected chi connectivity index (χ0v) is 11.0. The molecule has 0 aromatic rings. The van der Waals surface area contributed by atoms with Gasteiger partial charge >= 0.3 is 0 Å². The maximum Gasteiger partial charge on any atom is 0.294 e. The first-order valence-corrected chi connectivity index (χ1v) is 5.71. The van der Waals surface area contributed by atoms with Gasteiger partial charge in [0.2, 0.25) is 5.78 Å². The summed E-state index contributed by atoms with van der Waals surface area (Å²) >= 11 is 0. The lowest BCUT2D eigenvalue weighted by Crippen LogP contribution is -2.23. The molecule has 0 spiro atoms. The van der Waals surface area contributed by atoms with Crippen LogP contribution < -0.4 is 0 Å². The van der Waals surface area contributed by atoms with E-state index in [2.05, 4.69) is 4.84 Å². The zero-order chi connectivity index (χ0) is 14.6. The van der Waals surface area contributed by atoms with Crippen molar-refractivity contribution in [2.75, 3.05) is 13.7 Å². The average molecular weight is 269 g/mol. The third kappa shape index (κ3) is 3.18. The third-order valence-corrected chi connectivity index (χ3v) is 2.93. The SMILES string of the molecule is COC1=C(C)C(=O)C(C)=C(CCCO[N+](=O)[O-])C1=O. The van der Waals surface area contributed by atoms with Crippen molar-refractivity contribution in [2.45, 2.75) is 26.7 Å². The van der Waals surface area contributed by atoms with E-state index in [9.17, 15) is 19.7 Å². The van der Waals surface area contributed by atoms with Crippen molar-refractivity contribution >= 4 is 11.6 Å². The molecule has 1 aliphatic carbocycles. The van der Waals surface area contributed by atoms with Crippen LogP contribution in [0.2, 0.25) is 0 Å². The summed E-state index contributed by atoms with van der Waals surface area (Å²) in [7, 11) is 1.33. The van der Waals surface area contributed by atoms with Gasteiger partial charge in [0.05, 0.1) is 13.7 Å². The van der Waals surface area contributed by atoms with Crippen LogP contribution in [-0.2, 0) is 19.2 Å². The van der Waals surface area contributed by atoms with Gasteiger partial charge in [-0.3, -0.25) is 9.59 Å². The maximum absolute atomic E-state index is 12.1. The molecule has 0 fully saturated rings. The number of ether oxygens (including phenoxy) is 1. The molecular formula is C12H15NO6. The predicted octanol–water partition coefficient (Wildman–Crippen LogP) is 1.36. The Hall–Kier alpha value is -2.18. The molecule has 1 rings (SSSR count). The number of Topliss-reactive ketones (excluding diaryl/α,β-unsaturated/α-hetero) is 2.